The van der Waals surface area contributed by atoms with Crippen molar-refractivity contribution in [1.82, 2.24) is 0 Å². The summed E-state index contributed by atoms with van der Waals surface area (Å²) in [6.45, 7) is 3.42. The van der Waals surface area contributed by atoms with Crippen molar-refractivity contribution in [3.8, 4) is 0 Å². The van der Waals surface area contributed by atoms with E-state index < -0.39 is 16.0 Å². The fraction of sp³-hybridized carbons (Fsp3) is 0.133. The third kappa shape index (κ3) is 3.10. The summed E-state index contributed by atoms with van der Waals surface area (Å²) in [5.41, 5.74) is 2.24. The Morgan fingerprint density at radius 3 is 2.36 bits per heavy atom. The molecule has 0 unspecified atom stereocenters. The predicted molar refractivity (Wildman–Crippen MR) is 84.0 cm³/mol. The van der Waals surface area contributed by atoms with E-state index in [2.05, 4.69) is 5.32 Å². The van der Waals surface area contributed by atoms with Crippen LogP contribution < -0.4 is 10.5 Å². The molecule has 2 aromatic rings. The van der Waals surface area contributed by atoms with Crippen LogP contribution in [0.25, 0.3) is 0 Å². The average molecular weight is 320 g/mol. The Morgan fingerprint density at radius 2 is 1.77 bits per heavy atom. The number of nitrogens with two attached hydrogens (primary N) is 1. The Bertz CT molecular complexity index is 845. The number of carbonyl (C=O) groups is 1. The molecule has 0 aromatic heterocycles. The second kappa shape index (κ2) is 5.78. The molecular weight excluding hydrogens is 304 g/mol. The highest BCUT2D eigenvalue weighted by Crippen LogP contribution is 2.30. The molecule has 0 aliphatic heterocycles. The van der Waals surface area contributed by atoms with Crippen LogP contribution in [0.2, 0.25) is 0 Å². The summed E-state index contributed by atoms with van der Waals surface area (Å²) in [5, 5.41) is 17.4. The zero-order valence-electron chi connectivity index (χ0n) is 12.1. The fourth-order valence-corrected chi connectivity index (χ4v) is 3.03. The molecule has 7 heteroatoms. The molecule has 4 N–H and O–H groups in total. The first-order valence-electron chi connectivity index (χ1n) is 6.44. The minimum Gasteiger partial charge on any atom is -0.478 e. The Balaban J connectivity index is 2.58. The van der Waals surface area contributed by atoms with Crippen molar-refractivity contribution in [3.05, 3.63) is 53.1 Å². The number of aryl methyl sites for hydroxylation is 1. The Kier molecular flexibility index (Phi) is 4.20. The molecule has 2 aromatic carbocycles. The lowest BCUT2D eigenvalue weighted by molar-refractivity contribution is 0.0698. The number of aromatic carboxylic acids is 1. The second-order valence-electron chi connectivity index (χ2n) is 4.90. The molecule has 6 nitrogen and oxygen atoms in total. The third-order valence-corrected chi connectivity index (χ3v) is 4.40. The van der Waals surface area contributed by atoms with Gasteiger partial charge in [-0.25, -0.2) is 18.4 Å². The van der Waals surface area contributed by atoms with Crippen molar-refractivity contribution in [2.45, 2.75) is 18.7 Å². The summed E-state index contributed by atoms with van der Waals surface area (Å²) in [6.07, 6.45) is 0. The quantitative estimate of drug-likeness (QED) is 0.801. The number of para-hydroxylation sites is 1. The molecular formula is C15H16N2O4S. The topological polar surface area (TPSA) is 109 Å². The highest BCUT2D eigenvalue weighted by molar-refractivity contribution is 7.89. The van der Waals surface area contributed by atoms with Gasteiger partial charge in [0.15, 0.2) is 0 Å². The van der Waals surface area contributed by atoms with Crippen LogP contribution in [0.4, 0.5) is 11.4 Å². The monoisotopic (exact) mass is 320 g/mol. The number of primary sulfonamides is 1. The average Bonchev–Trinajstić information content (AvgIpc) is 2.42. The maximum Gasteiger partial charge on any atom is 0.337 e. The molecule has 0 saturated carbocycles. The summed E-state index contributed by atoms with van der Waals surface area (Å²) in [6, 6.07) is 9.47. The number of sulfonamides is 1. The second-order valence-corrected chi connectivity index (χ2v) is 6.43. The third-order valence-electron chi connectivity index (χ3n) is 3.35. The van der Waals surface area contributed by atoms with Gasteiger partial charge in [0.25, 0.3) is 0 Å². The molecule has 0 aliphatic rings. The van der Waals surface area contributed by atoms with Gasteiger partial charge in [0, 0.05) is 5.69 Å². The predicted octanol–water partition coefficient (Wildman–Crippen LogP) is 2.39. The van der Waals surface area contributed by atoms with E-state index in [1.54, 1.807) is 38.1 Å². The zero-order valence-corrected chi connectivity index (χ0v) is 12.9. The van der Waals surface area contributed by atoms with Crippen molar-refractivity contribution in [3.63, 3.8) is 0 Å². The highest BCUT2D eigenvalue weighted by atomic mass is 32.2. The van der Waals surface area contributed by atoms with Crippen LogP contribution in [0.15, 0.2) is 41.3 Å². The molecule has 0 bridgehead atoms. The normalized spacial score (nSPS) is 11.2. The van der Waals surface area contributed by atoms with E-state index >= 15 is 0 Å². The van der Waals surface area contributed by atoms with E-state index in [1.165, 1.54) is 12.1 Å². The highest BCUT2D eigenvalue weighted by Gasteiger charge is 2.17. The van der Waals surface area contributed by atoms with Crippen molar-refractivity contribution in [2.75, 3.05) is 5.32 Å². The van der Waals surface area contributed by atoms with Gasteiger partial charge in [-0.05, 0) is 43.2 Å². The van der Waals surface area contributed by atoms with Gasteiger partial charge in [-0.3, -0.25) is 0 Å². The standard InChI is InChI=1S/C15H16N2O4S/c1-9-7-8-13(22(16,20)21)10(2)14(9)17-12-6-4-3-5-11(12)15(18)19/h3-8,17H,1-2H3,(H,18,19)(H2,16,20,21). The van der Waals surface area contributed by atoms with Crippen LogP contribution in [0, 0.1) is 13.8 Å². The van der Waals surface area contributed by atoms with Crippen LogP contribution >= 0.6 is 0 Å². The Labute approximate surface area is 128 Å². The van der Waals surface area contributed by atoms with Gasteiger partial charge < -0.3 is 10.4 Å². The van der Waals surface area contributed by atoms with E-state index in [0.717, 1.165) is 5.56 Å². The van der Waals surface area contributed by atoms with E-state index in [0.29, 0.717) is 16.9 Å². The minimum atomic E-state index is -3.85. The molecule has 0 spiro atoms. The van der Waals surface area contributed by atoms with Gasteiger partial charge in [-0.15, -0.1) is 0 Å². The van der Waals surface area contributed by atoms with Gasteiger partial charge in [0.1, 0.15) is 0 Å². The van der Waals surface area contributed by atoms with Crippen molar-refractivity contribution in [2.24, 2.45) is 5.14 Å². The fourth-order valence-electron chi connectivity index (χ4n) is 2.24. The first-order valence-corrected chi connectivity index (χ1v) is 7.99. The summed E-state index contributed by atoms with van der Waals surface area (Å²) >= 11 is 0. The van der Waals surface area contributed by atoms with Crippen molar-refractivity contribution >= 4 is 27.4 Å². The number of carboxylic acid groups (broad SMARTS) is 1. The van der Waals surface area contributed by atoms with Gasteiger partial charge in [0.2, 0.25) is 10.0 Å². The number of hydrogen-bond donors (Lipinski definition) is 3. The molecule has 0 saturated heterocycles. The summed E-state index contributed by atoms with van der Waals surface area (Å²) < 4.78 is 23.2. The number of hydrogen-bond acceptors (Lipinski definition) is 4. The molecule has 0 amide bonds. The first-order chi connectivity index (χ1) is 10.2. The Hall–Kier alpha value is -2.38. The molecule has 0 fully saturated rings. The SMILES string of the molecule is Cc1ccc(S(N)(=O)=O)c(C)c1Nc1ccccc1C(=O)O. The molecule has 2 rings (SSSR count). The maximum absolute atomic E-state index is 11.6. The lowest BCUT2D eigenvalue weighted by atomic mass is 10.1. The lowest BCUT2D eigenvalue weighted by Crippen LogP contribution is -2.15. The van der Waals surface area contributed by atoms with Gasteiger partial charge in [0.05, 0.1) is 16.1 Å². The summed E-state index contributed by atoms with van der Waals surface area (Å²) in [7, 11) is -3.85. The Morgan fingerprint density at radius 1 is 1.14 bits per heavy atom. The smallest absolute Gasteiger partial charge is 0.337 e. The summed E-state index contributed by atoms with van der Waals surface area (Å²) in [5.74, 6) is -1.07. The number of carboxylic acids is 1. The van der Waals surface area contributed by atoms with Crippen LogP contribution in [0.5, 0.6) is 0 Å². The number of anilines is 2. The maximum atomic E-state index is 11.6. The number of benzene rings is 2. The van der Waals surface area contributed by atoms with Crippen molar-refractivity contribution < 1.29 is 18.3 Å². The molecule has 0 heterocycles. The van der Waals surface area contributed by atoms with Gasteiger partial charge in [-0.1, -0.05) is 18.2 Å². The van der Waals surface area contributed by atoms with Crippen LogP contribution in [-0.4, -0.2) is 19.5 Å². The van der Waals surface area contributed by atoms with E-state index in [-0.39, 0.29) is 10.5 Å². The largest absolute Gasteiger partial charge is 0.478 e. The first kappa shape index (κ1) is 16.0. The molecule has 116 valence electrons. The van der Waals surface area contributed by atoms with Crippen LogP contribution in [-0.2, 0) is 10.0 Å². The summed E-state index contributed by atoms with van der Waals surface area (Å²) in [4.78, 5) is 11.3. The molecule has 0 aliphatic carbocycles. The molecule has 22 heavy (non-hydrogen) atoms. The van der Waals surface area contributed by atoms with Crippen molar-refractivity contribution in [1.29, 1.82) is 0 Å². The minimum absolute atomic E-state index is 0.00778. The van der Waals surface area contributed by atoms with E-state index in [4.69, 9.17) is 5.14 Å². The van der Waals surface area contributed by atoms with Crippen LogP contribution in [0.3, 0.4) is 0 Å². The lowest BCUT2D eigenvalue weighted by Gasteiger charge is -2.16. The molecule has 0 radical (unpaired) electrons. The van der Waals surface area contributed by atoms with Crippen LogP contribution in [0.1, 0.15) is 21.5 Å². The number of rotatable bonds is 4. The van der Waals surface area contributed by atoms with E-state index in [9.17, 15) is 18.3 Å². The van der Waals surface area contributed by atoms with E-state index in [1.807, 2.05) is 0 Å². The van der Waals surface area contributed by atoms with Gasteiger partial charge >= 0.3 is 5.97 Å². The zero-order chi connectivity index (χ0) is 16.5. The van der Waals surface area contributed by atoms with Gasteiger partial charge in [-0.2, -0.15) is 0 Å². The number of nitrogens with one attached hydrogen (secondary N) is 1. The molecule has 0 atom stereocenters.